The van der Waals surface area contributed by atoms with Crippen LogP contribution in [0.1, 0.15) is 13.3 Å². The van der Waals surface area contributed by atoms with Crippen LogP contribution in [-0.2, 0) is 0 Å². The molecule has 0 saturated carbocycles. The van der Waals surface area contributed by atoms with E-state index in [-0.39, 0.29) is 36.5 Å². The van der Waals surface area contributed by atoms with E-state index in [4.69, 9.17) is 9.47 Å². The van der Waals surface area contributed by atoms with Crippen LogP contribution in [0.2, 0.25) is 0 Å². The van der Waals surface area contributed by atoms with Gasteiger partial charge < -0.3 is 20.1 Å². The second-order valence-electron chi connectivity index (χ2n) is 4.29. The Kier molecular flexibility index (Phi) is 9.77. The lowest BCUT2D eigenvalue weighted by Gasteiger charge is -2.15. The molecule has 1 aromatic carbocycles. The van der Waals surface area contributed by atoms with Gasteiger partial charge in [-0.3, -0.25) is 4.99 Å². The summed E-state index contributed by atoms with van der Waals surface area (Å²) >= 11 is 0. The number of methoxy groups -OCH3 is 1. The highest BCUT2D eigenvalue weighted by Crippen LogP contribution is 2.30. The minimum Gasteiger partial charge on any atom is -0.493 e. The lowest BCUT2D eigenvalue weighted by molar-refractivity contribution is -0.132. The summed E-state index contributed by atoms with van der Waals surface area (Å²) in [5.41, 5.74) is 0.625. The predicted octanol–water partition coefficient (Wildman–Crippen LogP) is 3.65. The Labute approximate surface area is 150 Å². The van der Waals surface area contributed by atoms with Crippen LogP contribution in [-0.4, -0.2) is 39.4 Å². The largest absolute Gasteiger partial charge is 0.493 e. The molecule has 0 aliphatic carbocycles. The molecule has 9 heteroatoms. The van der Waals surface area contributed by atoms with Crippen molar-refractivity contribution in [2.75, 3.05) is 32.6 Å². The average Bonchev–Trinajstić information content (AvgIpc) is 2.46. The van der Waals surface area contributed by atoms with E-state index in [1.165, 1.54) is 14.2 Å². The zero-order chi connectivity index (χ0) is 16.6. The van der Waals surface area contributed by atoms with E-state index in [1.54, 1.807) is 18.2 Å². The third kappa shape index (κ3) is 8.14. The fourth-order valence-corrected chi connectivity index (χ4v) is 1.66. The van der Waals surface area contributed by atoms with Crippen molar-refractivity contribution < 1.29 is 22.6 Å². The highest BCUT2D eigenvalue weighted by atomic mass is 127. The summed E-state index contributed by atoms with van der Waals surface area (Å²) in [4.78, 5) is 3.87. The van der Waals surface area contributed by atoms with Crippen molar-refractivity contribution in [1.82, 2.24) is 5.32 Å². The third-order valence-corrected chi connectivity index (χ3v) is 2.65. The molecule has 1 rings (SSSR count). The molecule has 0 spiro atoms. The van der Waals surface area contributed by atoms with Crippen LogP contribution < -0.4 is 20.1 Å². The number of hydrogen-bond acceptors (Lipinski definition) is 3. The lowest BCUT2D eigenvalue weighted by Crippen LogP contribution is -2.33. The topological polar surface area (TPSA) is 54.9 Å². The number of ether oxygens (including phenoxy) is 2. The summed E-state index contributed by atoms with van der Waals surface area (Å²) in [6, 6.07) is 5.12. The van der Waals surface area contributed by atoms with Gasteiger partial charge in [-0.15, -0.1) is 24.0 Å². The van der Waals surface area contributed by atoms with Gasteiger partial charge in [-0.25, -0.2) is 0 Å². The van der Waals surface area contributed by atoms with Gasteiger partial charge in [-0.05, 0) is 19.1 Å². The molecule has 0 aromatic heterocycles. The van der Waals surface area contributed by atoms with E-state index in [0.29, 0.717) is 23.8 Å². The third-order valence-electron chi connectivity index (χ3n) is 2.65. The van der Waals surface area contributed by atoms with Crippen molar-refractivity contribution in [2.24, 2.45) is 4.99 Å². The van der Waals surface area contributed by atoms with Crippen molar-refractivity contribution >= 4 is 35.6 Å². The SMILES string of the molecule is CCOc1ccc(NC(=NC)NCCC(F)(F)F)cc1OC.I. The van der Waals surface area contributed by atoms with E-state index < -0.39 is 12.6 Å². The first kappa shape index (κ1) is 21.6. The second-order valence-corrected chi connectivity index (χ2v) is 4.29. The molecule has 5 nitrogen and oxygen atoms in total. The summed E-state index contributed by atoms with van der Waals surface area (Å²) in [6.45, 7) is 2.11. The van der Waals surface area contributed by atoms with Crippen molar-refractivity contribution in [3.05, 3.63) is 18.2 Å². The Bertz CT molecular complexity index is 511. The van der Waals surface area contributed by atoms with Gasteiger partial charge in [-0.2, -0.15) is 13.2 Å². The first-order valence-corrected chi connectivity index (χ1v) is 6.75. The van der Waals surface area contributed by atoms with Crippen molar-refractivity contribution in [3.8, 4) is 11.5 Å². The summed E-state index contributed by atoms with van der Waals surface area (Å²) in [6.07, 6.45) is -5.13. The number of hydrogen-bond donors (Lipinski definition) is 2. The summed E-state index contributed by atoms with van der Waals surface area (Å²) < 4.78 is 47.0. The second kappa shape index (κ2) is 10.4. The highest BCUT2D eigenvalue weighted by Gasteiger charge is 2.26. The van der Waals surface area contributed by atoms with Crippen LogP contribution in [0.25, 0.3) is 0 Å². The van der Waals surface area contributed by atoms with Gasteiger partial charge in [0.25, 0.3) is 0 Å². The van der Waals surface area contributed by atoms with Gasteiger partial charge in [0.2, 0.25) is 0 Å². The first-order valence-electron chi connectivity index (χ1n) is 6.75. The van der Waals surface area contributed by atoms with Gasteiger partial charge in [0.15, 0.2) is 17.5 Å². The standard InChI is InChI=1S/C14H20F3N3O2.HI/c1-4-22-11-6-5-10(9-12(11)21-3)20-13(18-2)19-8-7-14(15,16)17;/h5-6,9H,4,7-8H2,1-3H3,(H2,18,19,20);1H. The molecular formula is C14H21F3IN3O2. The number of nitrogens with zero attached hydrogens (tertiary/aromatic N) is 1. The molecule has 0 fully saturated rings. The van der Waals surface area contributed by atoms with Crippen LogP contribution in [0.3, 0.4) is 0 Å². The molecule has 23 heavy (non-hydrogen) atoms. The van der Waals surface area contributed by atoms with Gasteiger partial charge in [0.1, 0.15) is 0 Å². The monoisotopic (exact) mass is 447 g/mol. The summed E-state index contributed by atoms with van der Waals surface area (Å²) in [7, 11) is 2.99. The van der Waals surface area contributed by atoms with Gasteiger partial charge >= 0.3 is 6.18 Å². The van der Waals surface area contributed by atoms with E-state index >= 15 is 0 Å². The minimum absolute atomic E-state index is 0. The van der Waals surface area contributed by atoms with Gasteiger partial charge in [-0.1, -0.05) is 0 Å². The quantitative estimate of drug-likeness (QED) is 0.397. The average molecular weight is 447 g/mol. The molecule has 0 heterocycles. The first-order chi connectivity index (χ1) is 10.4. The number of alkyl halides is 3. The zero-order valence-electron chi connectivity index (χ0n) is 13.2. The van der Waals surface area contributed by atoms with Crippen molar-refractivity contribution in [2.45, 2.75) is 19.5 Å². The Morgan fingerprint density at radius 2 is 1.96 bits per heavy atom. The molecule has 0 bridgehead atoms. The van der Waals surface area contributed by atoms with Crippen LogP contribution >= 0.6 is 24.0 Å². The van der Waals surface area contributed by atoms with Crippen molar-refractivity contribution in [3.63, 3.8) is 0 Å². The molecule has 0 saturated heterocycles. The maximum atomic E-state index is 12.1. The van der Waals surface area contributed by atoms with E-state index in [0.717, 1.165) is 0 Å². The maximum Gasteiger partial charge on any atom is 0.390 e. The van der Waals surface area contributed by atoms with E-state index in [9.17, 15) is 13.2 Å². The molecule has 0 atom stereocenters. The number of guanidine groups is 1. The normalized spacial score (nSPS) is 11.5. The Morgan fingerprint density at radius 1 is 1.26 bits per heavy atom. The molecule has 0 aliphatic rings. The van der Waals surface area contributed by atoms with Crippen LogP contribution in [0.5, 0.6) is 11.5 Å². The van der Waals surface area contributed by atoms with Crippen LogP contribution in [0.4, 0.5) is 18.9 Å². The summed E-state index contributed by atoms with van der Waals surface area (Å²) in [5.74, 6) is 1.36. The maximum absolute atomic E-state index is 12.1. The number of benzene rings is 1. The molecule has 0 unspecified atom stereocenters. The molecule has 132 valence electrons. The van der Waals surface area contributed by atoms with Crippen LogP contribution in [0, 0.1) is 0 Å². The minimum atomic E-state index is -4.20. The molecular weight excluding hydrogens is 426 g/mol. The molecule has 0 amide bonds. The predicted molar refractivity (Wildman–Crippen MR) is 95.2 cm³/mol. The van der Waals surface area contributed by atoms with E-state index in [2.05, 4.69) is 15.6 Å². The molecule has 2 N–H and O–H groups in total. The Morgan fingerprint density at radius 3 is 2.48 bits per heavy atom. The number of nitrogens with one attached hydrogen (secondary N) is 2. The number of halogens is 4. The molecule has 0 aliphatic heterocycles. The fourth-order valence-electron chi connectivity index (χ4n) is 1.66. The number of aliphatic imine (C=N–C) groups is 1. The highest BCUT2D eigenvalue weighted by molar-refractivity contribution is 14.0. The van der Waals surface area contributed by atoms with E-state index in [1.807, 2.05) is 6.92 Å². The number of rotatable bonds is 6. The fraction of sp³-hybridized carbons (Fsp3) is 0.500. The lowest BCUT2D eigenvalue weighted by atomic mass is 10.2. The molecule has 0 radical (unpaired) electrons. The molecule has 1 aromatic rings. The van der Waals surface area contributed by atoms with Crippen LogP contribution in [0.15, 0.2) is 23.2 Å². The smallest absolute Gasteiger partial charge is 0.390 e. The number of anilines is 1. The summed E-state index contributed by atoms with van der Waals surface area (Å²) in [5, 5.41) is 5.49. The van der Waals surface area contributed by atoms with Gasteiger partial charge in [0.05, 0.1) is 20.1 Å². The Balaban J connectivity index is 0.00000484. The zero-order valence-corrected chi connectivity index (χ0v) is 15.5. The van der Waals surface area contributed by atoms with Gasteiger partial charge in [0, 0.05) is 25.3 Å². The van der Waals surface area contributed by atoms with Crippen molar-refractivity contribution in [1.29, 1.82) is 0 Å². The Hall–Kier alpha value is -1.39.